The smallest absolute Gasteiger partial charge is 0.307 e. The Morgan fingerprint density at radius 2 is 1.62 bits per heavy atom. The van der Waals surface area contributed by atoms with Crippen LogP contribution in [-0.2, 0) is 4.79 Å². The first-order chi connectivity index (χ1) is 5.86. The molecule has 1 N–H and O–H groups in total. The van der Waals surface area contributed by atoms with Gasteiger partial charge < -0.3 is 5.11 Å². The molecule has 0 spiro atoms. The second-order valence-corrected chi connectivity index (χ2v) is 4.71. The van der Waals surface area contributed by atoms with Gasteiger partial charge in [-0.05, 0) is 24.2 Å². The zero-order chi connectivity index (χ0) is 10.6. The minimum atomic E-state index is -0.650. The van der Waals surface area contributed by atoms with Crippen molar-refractivity contribution in [2.75, 3.05) is 0 Å². The first kappa shape index (κ1) is 12.5. The minimum Gasteiger partial charge on any atom is -0.481 e. The Bertz CT molecular complexity index is 161. The zero-order valence-corrected chi connectivity index (χ0v) is 9.37. The number of rotatable bonds is 5. The molecule has 0 radical (unpaired) electrons. The summed E-state index contributed by atoms with van der Waals surface area (Å²) < 4.78 is 0. The van der Waals surface area contributed by atoms with E-state index in [-0.39, 0.29) is 17.8 Å². The summed E-state index contributed by atoms with van der Waals surface area (Å²) in [5.41, 5.74) is 0. The van der Waals surface area contributed by atoms with E-state index in [9.17, 15) is 4.79 Å². The van der Waals surface area contributed by atoms with Gasteiger partial charge in [0.1, 0.15) is 0 Å². The van der Waals surface area contributed by atoms with Crippen LogP contribution in [0.4, 0.5) is 0 Å². The van der Waals surface area contributed by atoms with Crippen molar-refractivity contribution in [2.45, 2.75) is 41.0 Å². The molecule has 0 aliphatic carbocycles. The van der Waals surface area contributed by atoms with Crippen LogP contribution in [0.1, 0.15) is 41.0 Å². The third-order valence-electron chi connectivity index (χ3n) is 2.46. The van der Waals surface area contributed by atoms with Crippen molar-refractivity contribution >= 4 is 5.97 Å². The van der Waals surface area contributed by atoms with Gasteiger partial charge in [0.15, 0.2) is 0 Å². The van der Waals surface area contributed by atoms with Crippen LogP contribution in [0.5, 0.6) is 0 Å². The van der Waals surface area contributed by atoms with E-state index in [1.54, 1.807) is 0 Å². The summed E-state index contributed by atoms with van der Waals surface area (Å²) in [7, 11) is 0. The Hall–Kier alpha value is -0.530. The summed E-state index contributed by atoms with van der Waals surface area (Å²) in [5, 5.41) is 9.03. The molecule has 0 bridgehead atoms. The largest absolute Gasteiger partial charge is 0.481 e. The van der Waals surface area contributed by atoms with Gasteiger partial charge in [-0.25, -0.2) is 0 Å². The first-order valence-electron chi connectivity index (χ1n) is 5.09. The van der Waals surface area contributed by atoms with Crippen molar-refractivity contribution in [1.82, 2.24) is 0 Å². The van der Waals surface area contributed by atoms with Crippen molar-refractivity contribution in [2.24, 2.45) is 23.7 Å². The molecule has 0 saturated heterocycles. The Morgan fingerprint density at radius 1 is 1.15 bits per heavy atom. The Labute approximate surface area is 81.3 Å². The second-order valence-electron chi connectivity index (χ2n) is 4.71. The normalized spacial score (nSPS) is 16.2. The Morgan fingerprint density at radius 3 is 1.85 bits per heavy atom. The average molecular weight is 186 g/mol. The van der Waals surface area contributed by atoms with Crippen molar-refractivity contribution in [3.63, 3.8) is 0 Å². The Balaban J connectivity index is 4.28. The maximum Gasteiger partial charge on any atom is 0.307 e. The van der Waals surface area contributed by atoms with E-state index in [1.165, 1.54) is 0 Å². The van der Waals surface area contributed by atoms with Crippen LogP contribution in [0, 0.1) is 23.7 Å². The number of aliphatic carboxylic acids is 1. The molecule has 0 fully saturated rings. The fraction of sp³-hybridized carbons (Fsp3) is 0.909. The molecule has 2 atom stereocenters. The molecular formula is C11H22O2. The quantitative estimate of drug-likeness (QED) is 0.716. The molecule has 0 aromatic carbocycles. The molecule has 0 amide bonds. The summed E-state index contributed by atoms with van der Waals surface area (Å²) in [6.45, 7) is 10.3. The molecule has 78 valence electrons. The highest BCUT2D eigenvalue weighted by Gasteiger charge is 2.27. The van der Waals surface area contributed by atoms with Gasteiger partial charge in [0.25, 0.3) is 0 Å². The zero-order valence-electron chi connectivity index (χ0n) is 9.37. The van der Waals surface area contributed by atoms with E-state index in [0.29, 0.717) is 5.92 Å². The third kappa shape index (κ3) is 4.30. The van der Waals surface area contributed by atoms with Gasteiger partial charge in [-0.2, -0.15) is 0 Å². The van der Waals surface area contributed by atoms with Gasteiger partial charge in [0.05, 0.1) is 5.92 Å². The van der Waals surface area contributed by atoms with E-state index in [2.05, 4.69) is 13.8 Å². The van der Waals surface area contributed by atoms with Crippen molar-refractivity contribution in [3.8, 4) is 0 Å². The highest BCUT2D eigenvalue weighted by Crippen LogP contribution is 2.26. The fourth-order valence-electron chi connectivity index (χ4n) is 2.08. The SMILES string of the molecule is CC(C)CC(C)C(C(=O)O)C(C)C. The molecule has 0 aliphatic heterocycles. The first-order valence-corrected chi connectivity index (χ1v) is 5.09. The molecule has 0 aromatic heterocycles. The molecule has 0 aliphatic rings. The molecular weight excluding hydrogens is 164 g/mol. The lowest BCUT2D eigenvalue weighted by Gasteiger charge is -2.24. The standard InChI is InChI=1S/C11H22O2/c1-7(2)6-9(5)10(8(3)4)11(12)13/h7-10H,6H2,1-5H3,(H,12,13). The van der Waals surface area contributed by atoms with Gasteiger partial charge in [0, 0.05) is 0 Å². The lowest BCUT2D eigenvalue weighted by Crippen LogP contribution is -2.27. The lowest BCUT2D eigenvalue weighted by molar-refractivity contribution is -0.145. The van der Waals surface area contributed by atoms with Crippen LogP contribution in [0.2, 0.25) is 0 Å². The van der Waals surface area contributed by atoms with Crippen LogP contribution in [0.3, 0.4) is 0 Å². The summed E-state index contributed by atoms with van der Waals surface area (Å²) in [6.07, 6.45) is 0.995. The van der Waals surface area contributed by atoms with Gasteiger partial charge in [-0.1, -0.05) is 34.6 Å². The maximum absolute atomic E-state index is 11.0. The van der Waals surface area contributed by atoms with E-state index >= 15 is 0 Å². The van der Waals surface area contributed by atoms with E-state index in [0.717, 1.165) is 6.42 Å². The predicted octanol–water partition coefficient (Wildman–Crippen LogP) is 3.03. The number of hydrogen-bond acceptors (Lipinski definition) is 1. The minimum absolute atomic E-state index is 0.192. The Kier molecular flexibility index (Phi) is 5.04. The molecule has 2 nitrogen and oxygen atoms in total. The number of hydrogen-bond donors (Lipinski definition) is 1. The molecule has 0 heterocycles. The monoisotopic (exact) mass is 186 g/mol. The number of carboxylic acid groups (broad SMARTS) is 1. The number of carbonyl (C=O) groups is 1. The summed E-state index contributed by atoms with van der Waals surface area (Å²) in [4.78, 5) is 11.0. The molecule has 13 heavy (non-hydrogen) atoms. The third-order valence-corrected chi connectivity index (χ3v) is 2.46. The lowest BCUT2D eigenvalue weighted by atomic mass is 9.80. The molecule has 0 rings (SSSR count). The average Bonchev–Trinajstić information content (AvgIpc) is 1.81. The topological polar surface area (TPSA) is 37.3 Å². The van der Waals surface area contributed by atoms with Crippen LogP contribution >= 0.6 is 0 Å². The van der Waals surface area contributed by atoms with Crippen molar-refractivity contribution in [1.29, 1.82) is 0 Å². The molecule has 0 aromatic rings. The van der Waals surface area contributed by atoms with Crippen LogP contribution in [0.15, 0.2) is 0 Å². The van der Waals surface area contributed by atoms with E-state index < -0.39 is 5.97 Å². The maximum atomic E-state index is 11.0. The van der Waals surface area contributed by atoms with Crippen molar-refractivity contribution in [3.05, 3.63) is 0 Å². The van der Waals surface area contributed by atoms with Crippen LogP contribution in [0.25, 0.3) is 0 Å². The molecule has 2 unspecified atom stereocenters. The summed E-state index contributed by atoms with van der Waals surface area (Å²) >= 11 is 0. The van der Waals surface area contributed by atoms with E-state index in [1.807, 2.05) is 20.8 Å². The van der Waals surface area contributed by atoms with Gasteiger partial charge in [-0.15, -0.1) is 0 Å². The highest BCUT2D eigenvalue weighted by atomic mass is 16.4. The van der Waals surface area contributed by atoms with Gasteiger partial charge in [-0.3, -0.25) is 4.79 Å². The second kappa shape index (κ2) is 5.25. The van der Waals surface area contributed by atoms with Crippen LogP contribution < -0.4 is 0 Å². The molecule has 0 saturated carbocycles. The number of carboxylic acids is 1. The highest BCUT2D eigenvalue weighted by molar-refractivity contribution is 5.70. The summed E-state index contributed by atoms with van der Waals surface area (Å²) in [6, 6.07) is 0. The van der Waals surface area contributed by atoms with Gasteiger partial charge >= 0.3 is 5.97 Å². The van der Waals surface area contributed by atoms with E-state index in [4.69, 9.17) is 5.11 Å². The summed E-state index contributed by atoms with van der Waals surface area (Å²) in [5.74, 6) is 0.241. The fourth-order valence-corrected chi connectivity index (χ4v) is 2.08. The predicted molar refractivity (Wildman–Crippen MR) is 54.6 cm³/mol. The molecule has 2 heteroatoms. The van der Waals surface area contributed by atoms with Crippen molar-refractivity contribution < 1.29 is 9.90 Å². The van der Waals surface area contributed by atoms with Gasteiger partial charge in [0.2, 0.25) is 0 Å². The van der Waals surface area contributed by atoms with Crippen LogP contribution in [-0.4, -0.2) is 11.1 Å².